The van der Waals surface area contributed by atoms with E-state index in [2.05, 4.69) is 10.3 Å². The lowest BCUT2D eigenvalue weighted by atomic mass is 10.2. The number of nitrogens with one attached hydrogen (secondary N) is 1. The second kappa shape index (κ2) is 8.97. The van der Waals surface area contributed by atoms with Crippen LogP contribution in [0.5, 0.6) is 0 Å². The molecule has 0 saturated heterocycles. The van der Waals surface area contributed by atoms with Gasteiger partial charge >= 0.3 is 0 Å². The lowest BCUT2D eigenvalue weighted by molar-refractivity contribution is -0.116. The molecule has 1 heterocycles. The highest BCUT2D eigenvalue weighted by molar-refractivity contribution is 5.90. The molecule has 1 aromatic carbocycles. The fraction of sp³-hybridized carbons (Fsp3) is 0.294. The lowest BCUT2D eigenvalue weighted by Gasteiger charge is -2.21. The molecule has 0 saturated carbocycles. The molecule has 1 amide bonds. The van der Waals surface area contributed by atoms with E-state index in [1.54, 1.807) is 24.5 Å². The second-order valence-electron chi connectivity index (χ2n) is 5.17. The van der Waals surface area contributed by atoms with Crippen molar-refractivity contribution < 1.29 is 14.3 Å². The number of halogens is 1. The van der Waals surface area contributed by atoms with E-state index in [-0.39, 0.29) is 24.8 Å². The summed E-state index contributed by atoms with van der Waals surface area (Å²) in [6.07, 6.45) is 3.72. The summed E-state index contributed by atoms with van der Waals surface area (Å²) in [5, 5.41) is 11.8. The third-order valence-corrected chi connectivity index (χ3v) is 3.31. The van der Waals surface area contributed by atoms with Crippen LogP contribution in [0, 0.1) is 5.82 Å². The molecule has 0 unspecified atom stereocenters. The minimum atomic E-state index is -0.388. The Morgan fingerprint density at radius 2 is 2.13 bits per heavy atom. The predicted octanol–water partition coefficient (Wildman–Crippen LogP) is 2.04. The molecule has 0 aliphatic rings. The number of hydrogen-bond acceptors (Lipinski definition) is 4. The largest absolute Gasteiger partial charge is 0.395 e. The first-order valence-electron chi connectivity index (χ1n) is 7.45. The number of aliphatic hydroxyl groups excluding tert-OH is 1. The topological polar surface area (TPSA) is 65.5 Å². The Hall–Kier alpha value is -2.31. The van der Waals surface area contributed by atoms with Gasteiger partial charge in [0.1, 0.15) is 5.82 Å². The molecule has 0 aliphatic heterocycles. The Morgan fingerprint density at radius 3 is 2.83 bits per heavy atom. The SMILES string of the molecule is O=C(CCN(CCO)Cc1cccnc1)Nc1cccc(F)c1. The number of nitrogens with zero attached hydrogens (tertiary/aromatic N) is 2. The number of rotatable bonds is 8. The van der Waals surface area contributed by atoms with Gasteiger partial charge in [-0.15, -0.1) is 0 Å². The molecule has 0 fully saturated rings. The summed E-state index contributed by atoms with van der Waals surface area (Å²) in [4.78, 5) is 18.0. The van der Waals surface area contributed by atoms with Crippen LogP contribution >= 0.6 is 0 Å². The quantitative estimate of drug-likeness (QED) is 0.782. The van der Waals surface area contributed by atoms with Gasteiger partial charge in [0.05, 0.1) is 6.61 Å². The number of aromatic nitrogens is 1. The van der Waals surface area contributed by atoms with E-state index < -0.39 is 0 Å². The second-order valence-corrected chi connectivity index (χ2v) is 5.17. The Labute approximate surface area is 134 Å². The van der Waals surface area contributed by atoms with Crippen molar-refractivity contribution in [1.29, 1.82) is 0 Å². The number of aliphatic hydroxyl groups is 1. The van der Waals surface area contributed by atoms with Gasteiger partial charge in [0.15, 0.2) is 0 Å². The van der Waals surface area contributed by atoms with Crippen molar-refractivity contribution in [1.82, 2.24) is 9.88 Å². The average Bonchev–Trinajstić information content (AvgIpc) is 2.54. The van der Waals surface area contributed by atoms with Crippen molar-refractivity contribution in [3.05, 3.63) is 60.2 Å². The molecule has 2 rings (SSSR count). The number of hydrogen-bond donors (Lipinski definition) is 2. The van der Waals surface area contributed by atoms with Gasteiger partial charge in [0.25, 0.3) is 0 Å². The molecule has 23 heavy (non-hydrogen) atoms. The van der Waals surface area contributed by atoms with Crippen LogP contribution in [0.1, 0.15) is 12.0 Å². The number of anilines is 1. The van der Waals surface area contributed by atoms with Crippen LogP contribution in [0.25, 0.3) is 0 Å². The van der Waals surface area contributed by atoms with Crippen molar-refractivity contribution in [2.45, 2.75) is 13.0 Å². The summed E-state index contributed by atoms with van der Waals surface area (Å²) < 4.78 is 13.1. The first-order valence-corrected chi connectivity index (χ1v) is 7.45. The fourth-order valence-corrected chi connectivity index (χ4v) is 2.21. The zero-order chi connectivity index (χ0) is 16.5. The van der Waals surface area contributed by atoms with Gasteiger partial charge in [-0.1, -0.05) is 12.1 Å². The summed E-state index contributed by atoms with van der Waals surface area (Å²) in [5.41, 5.74) is 1.46. The van der Waals surface area contributed by atoms with Gasteiger partial charge in [-0.05, 0) is 29.8 Å². The summed E-state index contributed by atoms with van der Waals surface area (Å²) >= 11 is 0. The maximum Gasteiger partial charge on any atom is 0.225 e. The Kier molecular flexibility index (Phi) is 6.65. The van der Waals surface area contributed by atoms with E-state index in [0.717, 1.165) is 5.56 Å². The molecule has 0 atom stereocenters. The van der Waals surface area contributed by atoms with Crippen LogP contribution in [0.3, 0.4) is 0 Å². The maximum atomic E-state index is 13.1. The first-order chi connectivity index (χ1) is 11.2. The van der Waals surface area contributed by atoms with Crippen LogP contribution in [0.4, 0.5) is 10.1 Å². The molecule has 6 heteroatoms. The monoisotopic (exact) mass is 317 g/mol. The number of carbonyl (C=O) groups excluding carboxylic acids is 1. The van der Waals surface area contributed by atoms with Crippen LogP contribution in [-0.2, 0) is 11.3 Å². The molecule has 0 radical (unpaired) electrons. The molecule has 0 spiro atoms. The molecule has 5 nitrogen and oxygen atoms in total. The Balaban J connectivity index is 1.84. The first kappa shape index (κ1) is 17.1. The molecule has 122 valence electrons. The number of amides is 1. The van der Waals surface area contributed by atoms with E-state index in [1.165, 1.54) is 12.1 Å². The fourth-order valence-electron chi connectivity index (χ4n) is 2.21. The van der Waals surface area contributed by atoms with Crippen LogP contribution in [0.2, 0.25) is 0 Å². The highest BCUT2D eigenvalue weighted by atomic mass is 19.1. The van der Waals surface area contributed by atoms with E-state index >= 15 is 0 Å². The summed E-state index contributed by atoms with van der Waals surface area (Å²) in [6, 6.07) is 9.59. The molecular weight excluding hydrogens is 297 g/mol. The maximum absolute atomic E-state index is 13.1. The molecule has 0 bridgehead atoms. The van der Waals surface area contributed by atoms with Gasteiger partial charge in [0.2, 0.25) is 5.91 Å². The third-order valence-electron chi connectivity index (χ3n) is 3.31. The highest BCUT2D eigenvalue weighted by Gasteiger charge is 2.09. The molecule has 0 aliphatic carbocycles. The minimum absolute atomic E-state index is 0.0196. The van der Waals surface area contributed by atoms with Gasteiger partial charge in [-0.2, -0.15) is 0 Å². The van der Waals surface area contributed by atoms with Gasteiger partial charge < -0.3 is 10.4 Å². The van der Waals surface area contributed by atoms with E-state index in [1.807, 2.05) is 17.0 Å². The normalized spacial score (nSPS) is 10.7. The van der Waals surface area contributed by atoms with Gasteiger partial charge in [0, 0.05) is 44.1 Å². The van der Waals surface area contributed by atoms with E-state index in [0.29, 0.717) is 25.3 Å². The molecular formula is C17H20FN3O2. The van der Waals surface area contributed by atoms with Crippen molar-refractivity contribution in [2.24, 2.45) is 0 Å². The van der Waals surface area contributed by atoms with Gasteiger partial charge in [-0.3, -0.25) is 14.7 Å². The molecule has 1 aromatic heterocycles. The molecule has 2 aromatic rings. The van der Waals surface area contributed by atoms with E-state index in [4.69, 9.17) is 5.11 Å². The summed E-state index contributed by atoms with van der Waals surface area (Å²) in [7, 11) is 0. The average molecular weight is 317 g/mol. The number of benzene rings is 1. The smallest absolute Gasteiger partial charge is 0.225 e. The Morgan fingerprint density at radius 1 is 1.26 bits per heavy atom. The minimum Gasteiger partial charge on any atom is -0.395 e. The highest BCUT2D eigenvalue weighted by Crippen LogP contribution is 2.10. The van der Waals surface area contributed by atoms with Crippen molar-refractivity contribution >= 4 is 11.6 Å². The zero-order valence-electron chi connectivity index (χ0n) is 12.8. The lowest BCUT2D eigenvalue weighted by Crippen LogP contribution is -2.30. The standard InChI is InChI=1S/C17H20FN3O2/c18-15-4-1-5-16(11-15)20-17(23)6-8-21(9-10-22)13-14-3-2-7-19-12-14/h1-5,7,11-12,22H,6,8-10,13H2,(H,20,23). The van der Waals surface area contributed by atoms with Crippen molar-refractivity contribution in [3.63, 3.8) is 0 Å². The third kappa shape index (κ3) is 6.14. The van der Waals surface area contributed by atoms with Crippen molar-refractivity contribution in [3.8, 4) is 0 Å². The Bertz CT molecular complexity index is 622. The van der Waals surface area contributed by atoms with Crippen LogP contribution < -0.4 is 5.32 Å². The predicted molar refractivity (Wildman–Crippen MR) is 86.2 cm³/mol. The van der Waals surface area contributed by atoms with E-state index in [9.17, 15) is 9.18 Å². The molecule has 2 N–H and O–H groups in total. The van der Waals surface area contributed by atoms with Crippen molar-refractivity contribution in [2.75, 3.05) is 25.0 Å². The number of carbonyl (C=O) groups is 1. The zero-order valence-corrected chi connectivity index (χ0v) is 12.8. The van der Waals surface area contributed by atoms with Gasteiger partial charge in [-0.25, -0.2) is 4.39 Å². The number of pyridine rings is 1. The van der Waals surface area contributed by atoms with Crippen LogP contribution in [0.15, 0.2) is 48.8 Å². The summed E-state index contributed by atoms with van der Waals surface area (Å²) in [6.45, 7) is 1.60. The van der Waals surface area contributed by atoms with Crippen LogP contribution in [-0.4, -0.2) is 40.6 Å². The summed E-state index contributed by atoms with van der Waals surface area (Å²) in [5.74, 6) is -0.578.